The Morgan fingerprint density at radius 2 is 2.10 bits per heavy atom. The summed E-state index contributed by atoms with van der Waals surface area (Å²) in [5.74, 6) is -0.820. The number of aldehydes is 1. The van der Waals surface area contributed by atoms with E-state index in [4.69, 9.17) is 9.84 Å². The third-order valence-corrected chi connectivity index (χ3v) is 2.99. The number of hydrogen-bond donors (Lipinski definition) is 1. The fourth-order valence-corrected chi connectivity index (χ4v) is 2.00. The molecule has 0 bridgehead atoms. The lowest BCUT2D eigenvalue weighted by Crippen LogP contribution is -2.11. The Hall–Kier alpha value is -2.63. The lowest BCUT2D eigenvalue weighted by atomic mass is 10.2. The minimum atomic E-state index is -1.04. The van der Waals surface area contributed by atoms with E-state index in [9.17, 15) is 14.4 Å². The molecule has 0 amide bonds. The van der Waals surface area contributed by atoms with E-state index < -0.39 is 5.97 Å². The molecule has 1 aromatic carbocycles. The van der Waals surface area contributed by atoms with E-state index in [1.807, 2.05) is 0 Å². The van der Waals surface area contributed by atoms with Crippen LogP contribution >= 0.6 is 0 Å². The number of aliphatic carboxylic acids is 1. The number of carboxylic acids is 1. The number of fused-ring (bicyclic) bond motifs is 1. The SMILES string of the molecule is COc1ccc2c(c1)c(C=O)cn2C(=O)CCC(=O)O. The molecule has 0 aliphatic carbocycles. The van der Waals surface area contributed by atoms with E-state index in [1.165, 1.54) is 17.9 Å². The van der Waals surface area contributed by atoms with Crippen LogP contribution in [0.5, 0.6) is 5.75 Å². The topological polar surface area (TPSA) is 85.6 Å². The second-order valence-corrected chi connectivity index (χ2v) is 4.24. The molecule has 0 atom stereocenters. The van der Waals surface area contributed by atoms with Crippen molar-refractivity contribution in [3.05, 3.63) is 30.0 Å². The maximum Gasteiger partial charge on any atom is 0.303 e. The third-order valence-electron chi connectivity index (χ3n) is 2.99. The van der Waals surface area contributed by atoms with Crippen LogP contribution in [0.1, 0.15) is 28.0 Å². The van der Waals surface area contributed by atoms with Crippen molar-refractivity contribution >= 4 is 29.1 Å². The van der Waals surface area contributed by atoms with E-state index in [0.29, 0.717) is 28.5 Å². The predicted octanol–water partition coefficient (Wildman–Crippen LogP) is 1.97. The highest BCUT2D eigenvalue weighted by Crippen LogP contribution is 2.25. The van der Waals surface area contributed by atoms with Gasteiger partial charge in [0.1, 0.15) is 5.75 Å². The predicted molar refractivity (Wildman–Crippen MR) is 71.4 cm³/mol. The van der Waals surface area contributed by atoms with Gasteiger partial charge in [-0.1, -0.05) is 0 Å². The molecule has 20 heavy (non-hydrogen) atoms. The van der Waals surface area contributed by atoms with Gasteiger partial charge >= 0.3 is 5.97 Å². The van der Waals surface area contributed by atoms with Crippen LogP contribution in [-0.2, 0) is 4.79 Å². The number of methoxy groups -OCH3 is 1. The summed E-state index contributed by atoms with van der Waals surface area (Å²) < 4.78 is 6.39. The molecule has 1 heterocycles. The first-order valence-corrected chi connectivity index (χ1v) is 5.96. The fraction of sp³-hybridized carbons (Fsp3) is 0.214. The van der Waals surface area contributed by atoms with Gasteiger partial charge in [-0.2, -0.15) is 0 Å². The van der Waals surface area contributed by atoms with Crippen molar-refractivity contribution in [1.82, 2.24) is 4.57 Å². The van der Waals surface area contributed by atoms with Crippen LogP contribution < -0.4 is 4.74 Å². The zero-order valence-corrected chi connectivity index (χ0v) is 10.8. The first-order valence-electron chi connectivity index (χ1n) is 5.96. The first kappa shape index (κ1) is 13.8. The lowest BCUT2D eigenvalue weighted by molar-refractivity contribution is -0.137. The van der Waals surface area contributed by atoms with Gasteiger partial charge in [-0.25, -0.2) is 0 Å². The maximum atomic E-state index is 12.0. The average molecular weight is 275 g/mol. The van der Waals surface area contributed by atoms with Crippen molar-refractivity contribution in [1.29, 1.82) is 0 Å². The van der Waals surface area contributed by atoms with Crippen molar-refractivity contribution in [2.24, 2.45) is 0 Å². The molecule has 0 unspecified atom stereocenters. The molecule has 0 radical (unpaired) electrons. The van der Waals surface area contributed by atoms with Crippen LogP contribution in [-0.4, -0.2) is 34.9 Å². The molecule has 104 valence electrons. The van der Waals surface area contributed by atoms with Crippen molar-refractivity contribution in [3.8, 4) is 5.75 Å². The van der Waals surface area contributed by atoms with Gasteiger partial charge in [-0.3, -0.25) is 19.0 Å². The molecular weight excluding hydrogens is 262 g/mol. The van der Waals surface area contributed by atoms with Crippen LogP contribution in [0.15, 0.2) is 24.4 Å². The van der Waals surface area contributed by atoms with Gasteiger partial charge in [0.05, 0.1) is 19.0 Å². The molecule has 0 saturated carbocycles. The summed E-state index contributed by atoms with van der Waals surface area (Å²) in [5.41, 5.74) is 0.922. The van der Waals surface area contributed by atoms with Crippen molar-refractivity contribution in [3.63, 3.8) is 0 Å². The van der Waals surface area contributed by atoms with Gasteiger partial charge in [-0.15, -0.1) is 0 Å². The van der Waals surface area contributed by atoms with Crippen LogP contribution in [0, 0.1) is 0 Å². The highest BCUT2D eigenvalue weighted by atomic mass is 16.5. The third kappa shape index (κ3) is 2.54. The molecule has 0 spiro atoms. The Kier molecular flexibility index (Phi) is 3.84. The minimum absolute atomic E-state index is 0.122. The summed E-state index contributed by atoms with van der Waals surface area (Å²) in [4.78, 5) is 33.6. The second kappa shape index (κ2) is 5.56. The monoisotopic (exact) mass is 275 g/mol. The Bertz CT molecular complexity index is 686. The molecule has 2 aromatic rings. The van der Waals surface area contributed by atoms with Gasteiger partial charge in [0.15, 0.2) is 6.29 Å². The Labute approximate surface area is 114 Å². The number of hydrogen-bond acceptors (Lipinski definition) is 4. The summed E-state index contributed by atoms with van der Waals surface area (Å²) >= 11 is 0. The molecular formula is C14H13NO5. The summed E-state index contributed by atoms with van der Waals surface area (Å²) in [7, 11) is 1.51. The summed E-state index contributed by atoms with van der Waals surface area (Å²) in [6.45, 7) is 0. The Balaban J connectivity index is 2.46. The molecule has 6 nitrogen and oxygen atoms in total. The van der Waals surface area contributed by atoms with E-state index in [2.05, 4.69) is 0 Å². The minimum Gasteiger partial charge on any atom is -0.497 e. The van der Waals surface area contributed by atoms with Crippen LogP contribution in [0.3, 0.4) is 0 Å². The van der Waals surface area contributed by atoms with Gasteiger partial charge in [0.25, 0.3) is 0 Å². The van der Waals surface area contributed by atoms with Crippen LogP contribution in [0.25, 0.3) is 10.9 Å². The van der Waals surface area contributed by atoms with Crippen molar-refractivity contribution in [2.45, 2.75) is 12.8 Å². The molecule has 1 N–H and O–H groups in total. The summed E-state index contributed by atoms with van der Waals surface area (Å²) in [6.07, 6.45) is 1.71. The molecule has 1 aromatic heterocycles. The number of carbonyl (C=O) groups excluding carboxylic acids is 2. The van der Waals surface area contributed by atoms with Gasteiger partial charge in [0, 0.05) is 23.6 Å². The zero-order chi connectivity index (χ0) is 14.7. The van der Waals surface area contributed by atoms with Crippen molar-refractivity contribution < 1.29 is 24.2 Å². The number of rotatable bonds is 5. The fourth-order valence-electron chi connectivity index (χ4n) is 2.00. The smallest absolute Gasteiger partial charge is 0.303 e. The normalized spacial score (nSPS) is 10.4. The van der Waals surface area contributed by atoms with E-state index >= 15 is 0 Å². The van der Waals surface area contributed by atoms with E-state index in [-0.39, 0.29) is 18.7 Å². The standard InChI is InChI=1S/C14H13NO5/c1-20-10-2-3-12-11(6-10)9(8-16)7-15(12)13(17)4-5-14(18)19/h2-3,6-8H,4-5H2,1H3,(H,18,19). The van der Waals surface area contributed by atoms with Gasteiger partial charge < -0.3 is 9.84 Å². The molecule has 0 fully saturated rings. The molecule has 0 saturated heterocycles. The average Bonchev–Trinajstić information content (AvgIpc) is 2.82. The second-order valence-electron chi connectivity index (χ2n) is 4.24. The lowest BCUT2D eigenvalue weighted by Gasteiger charge is -2.04. The molecule has 2 rings (SSSR count). The number of carboxylic acid groups (broad SMARTS) is 1. The molecule has 0 aliphatic rings. The zero-order valence-electron chi connectivity index (χ0n) is 10.8. The quantitative estimate of drug-likeness (QED) is 0.843. The Morgan fingerprint density at radius 1 is 1.35 bits per heavy atom. The highest BCUT2D eigenvalue weighted by Gasteiger charge is 2.15. The number of nitrogens with zero attached hydrogens (tertiary/aromatic N) is 1. The van der Waals surface area contributed by atoms with E-state index in [1.54, 1.807) is 18.2 Å². The van der Waals surface area contributed by atoms with Crippen molar-refractivity contribution in [2.75, 3.05) is 7.11 Å². The summed E-state index contributed by atoms with van der Waals surface area (Å²) in [6, 6.07) is 5.01. The molecule has 6 heteroatoms. The first-order chi connectivity index (χ1) is 9.56. The molecule has 0 aliphatic heterocycles. The highest BCUT2D eigenvalue weighted by molar-refractivity contribution is 6.03. The Morgan fingerprint density at radius 3 is 2.70 bits per heavy atom. The van der Waals surface area contributed by atoms with Crippen LogP contribution in [0.2, 0.25) is 0 Å². The maximum absolute atomic E-state index is 12.0. The number of carbonyl (C=O) groups is 3. The van der Waals surface area contributed by atoms with E-state index in [0.717, 1.165) is 0 Å². The largest absolute Gasteiger partial charge is 0.497 e. The summed E-state index contributed by atoms with van der Waals surface area (Å²) in [5, 5.41) is 9.21. The van der Waals surface area contributed by atoms with Gasteiger partial charge in [-0.05, 0) is 18.2 Å². The van der Waals surface area contributed by atoms with Crippen LogP contribution in [0.4, 0.5) is 0 Å². The number of benzene rings is 1. The number of ether oxygens (including phenoxy) is 1. The van der Waals surface area contributed by atoms with Gasteiger partial charge in [0.2, 0.25) is 5.91 Å². The number of aromatic nitrogens is 1.